The molecular formula is C20H23ClN2OS. The fourth-order valence-electron chi connectivity index (χ4n) is 2.56. The summed E-state index contributed by atoms with van der Waals surface area (Å²) >= 11 is 6.30. The van der Waals surface area contributed by atoms with Crippen LogP contribution in [0.3, 0.4) is 0 Å². The Labute approximate surface area is 156 Å². The highest BCUT2D eigenvalue weighted by Crippen LogP contribution is 2.33. The van der Waals surface area contributed by atoms with Crippen LogP contribution in [0.1, 0.15) is 12.0 Å². The number of rotatable bonds is 3. The molecule has 2 aromatic rings. The van der Waals surface area contributed by atoms with Gasteiger partial charge in [0, 0.05) is 17.7 Å². The molecule has 3 nitrogen and oxygen atoms in total. The van der Waals surface area contributed by atoms with Gasteiger partial charge in [0.15, 0.2) is 0 Å². The minimum atomic E-state index is -0.822. The van der Waals surface area contributed by atoms with Crippen molar-refractivity contribution < 1.29 is 4.74 Å². The Hall–Kier alpha value is -1.67. The van der Waals surface area contributed by atoms with Crippen LogP contribution in [0.4, 0.5) is 0 Å². The van der Waals surface area contributed by atoms with Crippen molar-refractivity contribution in [2.24, 2.45) is 0 Å². The Balaban J connectivity index is 1.81. The number of ether oxygens (including phenoxy) is 1. The number of hydrogen-bond donors (Lipinski definition) is 1. The van der Waals surface area contributed by atoms with Crippen molar-refractivity contribution in [1.82, 2.24) is 10.3 Å². The van der Waals surface area contributed by atoms with Gasteiger partial charge in [0.25, 0.3) is 0 Å². The lowest BCUT2D eigenvalue weighted by atomic mass is 10.1. The number of aromatic nitrogens is 1. The normalized spacial score (nSPS) is 17.7. The van der Waals surface area contributed by atoms with E-state index >= 15 is 0 Å². The number of nitrogens with one attached hydrogen (secondary N) is 1. The SMILES string of the molecule is CS(C)(C)C#Cc1ccc(-c2cc(O[C@@H]3CCNC3)cnc2Cl)cc1. The van der Waals surface area contributed by atoms with Crippen LogP contribution in [0.15, 0.2) is 36.5 Å². The summed E-state index contributed by atoms with van der Waals surface area (Å²) in [5, 5.41) is 7.10. The number of halogens is 1. The fourth-order valence-corrected chi connectivity index (χ4v) is 3.20. The van der Waals surface area contributed by atoms with Crippen LogP contribution in [0.2, 0.25) is 5.15 Å². The Kier molecular flexibility index (Phi) is 5.58. The molecule has 132 valence electrons. The summed E-state index contributed by atoms with van der Waals surface area (Å²) < 4.78 is 5.99. The molecule has 0 radical (unpaired) electrons. The standard InChI is InChI=1S/C20H23ClN2OS/c1-25(2,3)11-9-15-4-6-16(7-5-15)19-12-18(14-23-20(19)21)24-17-8-10-22-13-17/h4-7,12,14,17,22H,8,10,13H2,1-3H3/t17-/m1/s1. The van der Waals surface area contributed by atoms with E-state index in [0.717, 1.165) is 42.0 Å². The van der Waals surface area contributed by atoms with Gasteiger partial charge in [-0.3, -0.25) is 0 Å². The zero-order valence-electron chi connectivity index (χ0n) is 14.8. The van der Waals surface area contributed by atoms with Crippen molar-refractivity contribution >= 4 is 21.6 Å². The zero-order chi connectivity index (χ0) is 17.9. The van der Waals surface area contributed by atoms with Crippen molar-refractivity contribution in [2.75, 3.05) is 31.9 Å². The summed E-state index contributed by atoms with van der Waals surface area (Å²) in [5.41, 5.74) is 2.91. The second kappa shape index (κ2) is 7.70. The molecule has 1 aliphatic heterocycles. The Bertz CT molecular complexity index is 797. The Morgan fingerprint density at radius 3 is 2.64 bits per heavy atom. The third kappa shape index (κ3) is 5.15. The summed E-state index contributed by atoms with van der Waals surface area (Å²) in [6, 6.07) is 10.1. The quantitative estimate of drug-likeness (QED) is 0.647. The molecule has 25 heavy (non-hydrogen) atoms. The van der Waals surface area contributed by atoms with Crippen LogP contribution in [0, 0.1) is 11.2 Å². The average Bonchev–Trinajstić information content (AvgIpc) is 3.08. The second-order valence-electron chi connectivity index (χ2n) is 6.88. The number of hydrogen-bond acceptors (Lipinski definition) is 3. The number of pyridine rings is 1. The molecule has 0 bridgehead atoms. The van der Waals surface area contributed by atoms with Crippen molar-refractivity contribution in [3.05, 3.63) is 47.2 Å². The molecule has 0 amide bonds. The molecule has 5 heteroatoms. The first-order valence-electron chi connectivity index (χ1n) is 8.25. The highest BCUT2D eigenvalue weighted by Gasteiger charge is 2.17. The van der Waals surface area contributed by atoms with Crippen molar-refractivity contribution in [1.29, 1.82) is 0 Å². The Morgan fingerprint density at radius 1 is 1.24 bits per heavy atom. The number of benzene rings is 1. The molecule has 2 heterocycles. The molecule has 1 atom stereocenters. The molecule has 0 aliphatic carbocycles. The summed E-state index contributed by atoms with van der Waals surface area (Å²) in [6.07, 6.45) is 9.46. The van der Waals surface area contributed by atoms with Gasteiger partial charge in [0.1, 0.15) is 17.0 Å². The van der Waals surface area contributed by atoms with Gasteiger partial charge in [-0.05, 0) is 60.7 Å². The van der Waals surface area contributed by atoms with Crippen molar-refractivity contribution in [3.63, 3.8) is 0 Å². The predicted octanol–water partition coefficient (Wildman–Crippen LogP) is 4.15. The first-order chi connectivity index (χ1) is 11.9. The lowest BCUT2D eigenvalue weighted by Gasteiger charge is -2.15. The first-order valence-corrected chi connectivity index (χ1v) is 11.5. The van der Waals surface area contributed by atoms with Crippen molar-refractivity contribution in [3.8, 4) is 28.0 Å². The molecule has 3 rings (SSSR count). The lowest BCUT2D eigenvalue weighted by Crippen LogP contribution is -2.19. The van der Waals surface area contributed by atoms with E-state index in [-0.39, 0.29) is 6.10 Å². The second-order valence-corrected chi connectivity index (χ2v) is 11.1. The van der Waals surface area contributed by atoms with Crippen LogP contribution in [0.5, 0.6) is 5.75 Å². The molecule has 1 saturated heterocycles. The topological polar surface area (TPSA) is 34.1 Å². The minimum absolute atomic E-state index is 0.202. The summed E-state index contributed by atoms with van der Waals surface area (Å²) in [4.78, 5) is 4.28. The van der Waals surface area contributed by atoms with Gasteiger partial charge in [-0.25, -0.2) is 4.98 Å². The maximum absolute atomic E-state index is 6.30. The molecular weight excluding hydrogens is 352 g/mol. The van der Waals surface area contributed by atoms with E-state index in [9.17, 15) is 0 Å². The summed E-state index contributed by atoms with van der Waals surface area (Å²) in [5.74, 6) is 4.00. The van der Waals surface area contributed by atoms with Gasteiger partial charge in [-0.1, -0.05) is 29.7 Å². The largest absolute Gasteiger partial charge is 0.487 e. The van der Waals surface area contributed by atoms with E-state index in [4.69, 9.17) is 16.3 Å². The van der Waals surface area contributed by atoms with Gasteiger partial charge in [0.05, 0.1) is 6.20 Å². The maximum Gasteiger partial charge on any atom is 0.138 e. The third-order valence-electron chi connectivity index (χ3n) is 3.83. The van der Waals surface area contributed by atoms with E-state index in [1.807, 2.05) is 30.3 Å². The van der Waals surface area contributed by atoms with E-state index in [2.05, 4.69) is 40.2 Å². The van der Waals surface area contributed by atoms with Gasteiger partial charge in [-0.2, -0.15) is 10.0 Å². The molecule has 1 N–H and O–H groups in total. The summed E-state index contributed by atoms with van der Waals surface area (Å²) in [7, 11) is -0.822. The van der Waals surface area contributed by atoms with Gasteiger partial charge >= 0.3 is 0 Å². The van der Waals surface area contributed by atoms with Crippen LogP contribution in [-0.4, -0.2) is 42.9 Å². The van der Waals surface area contributed by atoms with E-state index in [1.54, 1.807) is 6.20 Å². The fraction of sp³-hybridized carbons (Fsp3) is 0.350. The molecule has 0 spiro atoms. The third-order valence-corrected chi connectivity index (χ3v) is 4.84. The predicted molar refractivity (Wildman–Crippen MR) is 109 cm³/mol. The highest BCUT2D eigenvalue weighted by molar-refractivity contribution is 8.35. The molecule has 1 aromatic heterocycles. The summed E-state index contributed by atoms with van der Waals surface area (Å²) in [6.45, 7) is 1.87. The number of nitrogens with zero attached hydrogens (tertiary/aromatic N) is 1. The van der Waals surface area contributed by atoms with Gasteiger partial charge < -0.3 is 10.1 Å². The minimum Gasteiger partial charge on any atom is -0.487 e. The molecule has 0 unspecified atom stereocenters. The van der Waals surface area contributed by atoms with Gasteiger partial charge in [0.2, 0.25) is 0 Å². The molecule has 1 aromatic carbocycles. The van der Waals surface area contributed by atoms with Crippen LogP contribution in [-0.2, 0) is 0 Å². The molecule has 0 saturated carbocycles. The van der Waals surface area contributed by atoms with Crippen LogP contribution < -0.4 is 10.1 Å². The highest BCUT2D eigenvalue weighted by atomic mass is 35.5. The van der Waals surface area contributed by atoms with Crippen molar-refractivity contribution in [2.45, 2.75) is 12.5 Å². The maximum atomic E-state index is 6.30. The Morgan fingerprint density at radius 2 is 2.00 bits per heavy atom. The average molecular weight is 375 g/mol. The van der Waals surface area contributed by atoms with E-state index in [0.29, 0.717) is 5.15 Å². The molecule has 1 aliphatic rings. The van der Waals surface area contributed by atoms with Gasteiger partial charge in [-0.15, -0.1) is 0 Å². The van der Waals surface area contributed by atoms with E-state index in [1.165, 1.54) is 0 Å². The monoisotopic (exact) mass is 374 g/mol. The first kappa shape index (κ1) is 18.1. The smallest absolute Gasteiger partial charge is 0.138 e. The lowest BCUT2D eigenvalue weighted by molar-refractivity contribution is 0.222. The van der Waals surface area contributed by atoms with Crippen LogP contribution in [0.25, 0.3) is 11.1 Å². The zero-order valence-corrected chi connectivity index (χ0v) is 16.4. The molecule has 1 fully saturated rings. The van der Waals surface area contributed by atoms with Crippen LogP contribution >= 0.6 is 21.6 Å². The van der Waals surface area contributed by atoms with E-state index < -0.39 is 10.0 Å².